The molecule has 0 aromatic carbocycles. The number of hydrogen-bond donors (Lipinski definition) is 4. The molecular weight excluding hydrogens is 596 g/mol. The summed E-state index contributed by atoms with van der Waals surface area (Å²) in [6.45, 7) is 9.44. The zero-order valence-corrected chi connectivity index (χ0v) is 27.6. The third-order valence-electron chi connectivity index (χ3n) is 7.16. The fourth-order valence-corrected chi connectivity index (χ4v) is 4.53. The van der Waals surface area contributed by atoms with Crippen molar-refractivity contribution in [3.05, 3.63) is 12.5 Å². The highest BCUT2D eigenvalue weighted by molar-refractivity contribution is 5.80. The van der Waals surface area contributed by atoms with Crippen molar-refractivity contribution >= 4 is 35.3 Å². The number of ether oxygens (including phenoxy) is 3. The predicted octanol–water partition coefficient (Wildman–Crippen LogP) is 3.39. The van der Waals surface area contributed by atoms with Crippen LogP contribution in [0.2, 0.25) is 0 Å². The summed E-state index contributed by atoms with van der Waals surface area (Å²) in [5, 5.41) is 10.8. The maximum absolute atomic E-state index is 10.5. The molecule has 13 nitrogen and oxygen atoms in total. The maximum atomic E-state index is 10.5. The van der Waals surface area contributed by atoms with Gasteiger partial charge >= 0.3 is 6.09 Å². The number of nitrogens with one attached hydrogen (secondary N) is 4. The lowest BCUT2D eigenvalue weighted by molar-refractivity contribution is -0.127. The Kier molecular flexibility index (Phi) is 24.5. The van der Waals surface area contributed by atoms with E-state index in [1.54, 1.807) is 0 Å². The molecule has 0 aromatic rings. The number of alkyl carbamates (subject to hydrolysis) is 1. The Morgan fingerprint density at radius 3 is 1.22 bits per heavy atom. The number of carbonyl (C=O) groups excluding carboxylic acids is 6. The summed E-state index contributed by atoms with van der Waals surface area (Å²) < 4.78 is 14.2. The van der Waals surface area contributed by atoms with E-state index in [4.69, 9.17) is 9.47 Å². The number of amides is 3. The van der Waals surface area contributed by atoms with E-state index in [1.165, 1.54) is 6.42 Å². The largest absolute Gasteiger partial charge is 0.478 e. The van der Waals surface area contributed by atoms with Crippen LogP contribution in [0.4, 0.5) is 4.79 Å². The molecule has 0 aromatic heterocycles. The number of cyclic esters (lactones) is 1. The Balaban J connectivity index is 0.000000269. The lowest BCUT2D eigenvalue weighted by atomic mass is 10.00. The Hall–Kier alpha value is -3.48. The molecule has 2 aliphatic carbocycles. The van der Waals surface area contributed by atoms with E-state index in [-0.39, 0.29) is 23.7 Å². The zero-order valence-electron chi connectivity index (χ0n) is 27.6. The second kappa shape index (κ2) is 27.8. The molecule has 13 heteroatoms. The monoisotopic (exact) mass is 652 g/mol. The molecule has 46 heavy (non-hydrogen) atoms. The quantitative estimate of drug-likeness (QED) is 0.303. The molecule has 0 radical (unpaired) electrons. The van der Waals surface area contributed by atoms with Gasteiger partial charge in [-0.25, -0.2) is 4.79 Å². The van der Waals surface area contributed by atoms with Crippen molar-refractivity contribution in [1.29, 1.82) is 0 Å². The Morgan fingerprint density at radius 2 is 0.978 bits per heavy atom. The molecule has 7 rings (SSSR count). The molecule has 7 aliphatic rings. The zero-order chi connectivity index (χ0) is 33.7. The van der Waals surface area contributed by atoms with Crippen LogP contribution in [0, 0.1) is 0 Å². The molecule has 5 heterocycles. The lowest BCUT2D eigenvalue weighted by Crippen LogP contribution is -2.31. The van der Waals surface area contributed by atoms with E-state index in [0.29, 0.717) is 30.7 Å². The summed E-state index contributed by atoms with van der Waals surface area (Å²) in [6, 6.07) is 0. The molecule has 5 saturated heterocycles. The Morgan fingerprint density at radius 1 is 0.435 bits per heavy atom. The second-order valence-electron chi connectivity index (χ2n) is 11.4. The van der Waals surface area contributed by atoms with Gasteiger partial charge in [0.2, 0.25) is 11.8 Å². The summed E-state index contributed by atoms with van der Waals surface area (Å²) in [5.41, 5.74) is 0. The number of rotatable bonds is 0. The maximum Gasteiger partial charge on any atom is 0.407 e. The molecule has 0 spiro atoms. The third kappa shape index (κ3) is 25.8. The van der Waals surface area contributed by atoms with Crippen molar-refractivity contribution < 1.29 is 43.0 Å². The molecule has 3 amide bonds. The van der Waals surface area contributed by atoms with Crippen LogP contribution >= 0.6 is 0 Å². The van der Waals surface area contributed by atoms with Crippen LogP contribution in [-0.4, -0.2) is 87.9 Å². The van der Waals surface area contributed by atoms with E-state index in [2.05, 4.69) is 32.6 Å². The van der Waals surface area contributed by atoms with Gasteiger partial charge in [0.25, 0.3) is 0 Å². The van der Waals surface area contributed by atoms with Gasteiger partial charge in [-0.3, -0.25) is 24.0 Å². The van der Waals surface area contributed by atoms with Crippen molar-refractivity contribution in [3.8, 4) is 0 Å². The highest BCUT2D eigenvalue weighted by Crippen LogP contribution is 2.12. The minimum Gasteiger partial charge on any atom is -0.478 e. The molecule has 0 bridgehead atoms. The summed E-state index contributed by atoms with van der Waals surface area (Å²) in [5.74, 6) is 2.28. The van der Waals surface area contributed by atoms with Crippen molar-refractivity contribution in [2.24, 2.45) is 0 Å². The number of hydrogen-bond acceptors (Lipinski definition) is 10. The van der Waals surface area contributed by atoms with E-state index >= 15 is 0 Å². The van der Waals surface area contributed by atoms with Gasteiger partial charge in [0.15, 0.2) is 11.7 Å². The Labute approximate surface area is 273 Å². The first kappa shape index (κ1) is 40.5. The number of Topliss-reactive ketones (excluding diaryl/α,β-unsaturated/α-hetero) is 3. The van der Waals surface area contributed by atoms with Crippen LogP contribution < -0.4 is 21.3 Å². The SMILES string of the molecule is C=C1NCCO1.O=C1CCCC1.O=C1CCCCC1.O=C1CCCCN1.O=C1CCCN1.O=C1CCCOC1.O=C1NCCCO1. The van der Waals surface area contributed by atoms with Gasteiger partial charge in [-0.05, 0) is 64.4 Å². The molecular formula is C33H56N4O9. The first-order valence-electron chi connectivity index (χ1n) is 16.9. The average molecular weight is 653 g/mol. The Bertz CT molecular complexity index is 751. The van der Waals surface area contributed by atoms with Gasteiger partial charge in [-0.1, -0.05) is 6.42 Å². The van der Waals surface area contributed by atoms with Gasteiger partial charge in [-0.15, -0.1) is 0 Å². The first-order chi connectivity index (χ1) is 22.3. The summed E-state index contributed by atoms with van der Waals surface area (Å²) >= 11 is 0. The smallest absolute Gasteiger partial charge is 0.407 e. The van der Waals surface area contributed by atoms with E-state index < -0.39 is 0 Å². The van der Waals surface area contributed by atoms with Crippen LogP contribution in [0.15, 0.2) is 12.5 Å². The molecule has 4 N–H and O–H groups in total. The first-order valence-corrected chi connectivity index (χ1v) is 16.9. The topological polar surface area (TPSA) is 178 Å². The number of ketones is 3. The third-order valence-corrected chi connectivity index (χ3v) is 7.16. The fraction of sp³-hybridized carbons (Fsp3) is 0.758. The lowest BCUT2D eigenvalue weighted by Gasteiger charge is -2.10. The van der Waals surface area contributed by atoms with E-state index in [9.17, 15) is 28.8 Å². The summed E-state index contributed by atoms with van der Waals surface area (Å²) in [7, 11) is 0. The minimum atomic E-state index is -0.286. The normalized spacial score (nSPS) is 21.4. The van der Waals surface area contributed by atoms with Crippen molar-refractivity contribution in [3.63, 3.8) is 0 Å². The highest BCUT2D eigenvalue weighted by Gasteiger charge is 2.09. The highest BCUT2D eigenvalue weighted by atomic mass is 16.5. The van der Waals surface area contributed by atoms with Gasteiger partial charge < -0.3 is 35.5 Å². The minimum absolute atomic E-state index is 0.204. The van der Waals surface area contributed by atoms with E-state index in [1.807, 2.05) is 0 Å². The van der Waals surface area contributed by atoms with Gasteiger partial charge in [-0.2, -0.15) is 0 Å². The predicted molar refractivity (Wildman–Crippen MR) is 173 cm³/mol. The van der Waals surface area contributed by atoms with Crippen LogP contribution in [-0.2, 0) is 38.2 Å². The molecule has 5 aliphatic heterocycles. The second-order valence-corrected chi connectivity index (χ2v) is 11.4. The average Bonchev–Trinajstić information content (AvgIpc) is 3.86. The van der Waals surface area contributed by atoms with Crippen LogP contribution in [0.3, 0.4) is 0 Å². The van der Waals surface area contributed by atoms with Crippen molar-refractivity contribution in [2.45, 2.75) is 109 Å². The van der Waals surface area contributed by atoms with Gasteiger partial charge in [0.05, 0.1) is 13.2 Å². The molecule has 0 unspecified atom stereocenters. The number of piperidine rings is 1. The van der Waals surface area contributed by atoms with Gasteiger partial charge in [0, 0.05) is 71.2 Å². The molecule has 262 valence electrons. The molecule has 2 saturated carbocycles. The van der Waals surface area contributed by atoms with Crippen LogP contribution in [0.1, 0.15) is 109 Å². The van der Waals surface area contributed by atoms with Gasteiger partial charge in [0.1, 0.15) is 24.8 Å². The van der Waals surface area contributed by atoms with Crippen molar-refractivity contribution in [1.82, 2.24) is 21.3 Å². The molecule has 7 fully saturated rings. The standard InChI is InChI=1S/C6H10O.C5H9NO.C5H8O2.C5H8O.C4H7NO2.2C4H7NO/c7-6-4-2-1-3-5-6;7-5-3-1-2-4-6-5;6-5-2-1-3-7-4-5;6-5-3-1-2-4-5;6-4-5-2-1-3-7-4;1-4-5-2-3-6-4;6-4-2-1-3-5-4/h1-5H2;1-4H2,(H,6,7);1-4H2;1-4H2;1-3H2,(H,5,6);5H,1-3H2;1-3H2,(H,5,6). The molecule has 0 atom stereocenters. The summed E-state index contributed by atoms with van der Waals surface area (Å²) in [4.78, 5) is 61.7. The van der Waals surface area contributed by atoms with Crippen LogP contribution in [0.5, 0.6) is 0 Å². The van der Waals surface area contributed by atoms with E-state index in [0.717, 1.165) is 142 Å². The summed E-state index contributed by atoms with van der Waals surface area (Å²) in [6.07, 6.45) is 16.2. The fourth-order valence-electron chi connectivity index (χ4n) is 4.53. The number of carbonyl (C=O) groups is 6. The van der Waals surface area contributed by atoms with Crippen molar-refractivity contribution in [2.75, 3.05) is 52.6 Å². The van der Waals surface area contributed by atoms with Crippen LogP contribution in [0.25, 0.3) is 0 Å².